The zero-order chi connectivity index (χ0) is 18.6. The summed E-state index contributed by atoms with van der Waals surface area (Å²) < 4.78 is 38.3. The van der Waals surface area contributed by atoms with E-state index < -0.39 is 10.0 Å². The molecule has 0 radical (unpaired) electrons. The van der Waals surface area contributed by atoms with Crippen LogP contribution in [0, 0.1) is 6.92 Å². The van der Waals surface area contributed by atoms with E-state index in [1.165, 1.54) is 5.56 Å². The highest BCUT2D eigenvalue weighted by atomic mass is 32.2. The molecule has 0 bridgehead atoms. The maximum Gasteiger partial charge on any atom is 0.243 e. The summed E-state index contributed by atoms with van der Waals surface area (Å²) in [6.07, 6.45) is 1.72. The van der Waals surface area contributed by atoms with Gasteiger partial charge in [-0.05, 0) is 49.6 Å². The van der Waals surface area contributed by atoms with Gasteiger partial charge < -0.3 is 9.47 Å². The van der Waals surface area contributed by atoms with Gasteiger partial charge in [0.2, 0.25) is 10.0 Å². The summed E-state index contributed by atoms with van der Waals surface area (Å²) in [5, 5.41) is 0. The molecule has 140 valence electrons. The largest absolute Gasteiger partial charge is 0.491 e. The molecule has 1 fully saturated rings. The Balaban J connectivity index is 1.79. The van der Waals surface area contributed by atoms with Crippen molar-refractivity contribution in [3.63, 3.8) is 0 Å². The summed E-state index contributed by atoms with van der Waals surface area (Å²) in [5.74, 6) is 0.637. The number of nitrogens with zero attached hydrogens (tertiary/aromatic N) is 1. The SMILES string of the molecule is COCCOc1ccc(S(=O)(=O)N2CCCC2c2ccc(C)cc2)cc1. The highest BCUT2D eigenvalue weighted by molar-refractivity contribution is 7.89. The minimum Gasteiger partial charge on any atom is -0.491 e. The molecule has 0 amide bonds. The lowest BCUT2D eigenvalue weighted by Crippen LogP contribution is -2.30. The van der Waals surface area contributed by atoms with Gasteiger partial charge in [0.25, 0.3) is 0 Å². The van der Waals surface area contributed by atoms with E-state index in [1.54, 1.807) is 35.7 Å². The molecule has 5 nitrogen and oxygen atoms in total. The third kappa shape index (κ3) is 4.09. The highest BCUT2D eigenvalue weighted by Crippen LogP contribution is 2.36. The Morgan fingerprint density at radius 1 is 1.04 bits per heavy atom. The number of rotatable bonds is 7. The number of sulfonamides is 1. The fourth-order valence-electron chi connectivity index (χ4n) is 3.24. The van der Waals surface area contributed by atoms with Crippen molar-refractivity contribution < 1.29 is 17.9 Å². The standard InChI is InChI=1S/C20H25NO4S/c1-16-5-7-17(8-6-16)20-4-3-13-21(20)26(22,23)19-11-9-18(10-12-19)25-15-14-24-2/h5-12,20H,3-4,13-15H2,1-2H3. The molecular formula is C20H25NO4S. The first-order valence-corrected chi connectivity index (χ1v) is 10.3. The predicted octanol–water partition coefficient (Wildman–Crippen LogP) is 3.55. The van der Waals surface area contributed by atoms with E-state index in [2.05, 4.69) is 0 Å². The van der Waals surface area contributed by atoms with Crippen LogP contribution in [-0.2, 0) is 14.8 Å². The molecule has 2 aromatic carbocycles. The molecule has 0 aliphatic carbocycles. The molecule has 1 atom stereocenters. The molecule has 0 aromatic heterocycles. The van der Waals surface area contributed by atoms with Gasteiger partial charge in [-0.15, -0.1) is 0 Å². The monoisotopic (exact) mass is 375 g/mol. The summed E-state index contributed by atoms with van der Waals surface area (Å²) in [6.45, 7) is 3.51. The number of methoxy groups -OCH3 is 1. The Morgan fingerprint density at radius 3 is 2.38 bits per heavy atom. The molecule has 2 aromatic rings. The molecular weight excluding hydrogens is 350 g/mol. The summed E-state index contributed by atoms with van der Waals surface area (Å²) in [4.78, 5) is 0.301. The van der Waals surface area contributed by atoms with Crippen LogP contribution in [0.1, 0.15) is 30.0 Å². The molecule has 1 aliphatic rings. The average molecular weight is 375 g/mol. The first-order chi connectivity index (χ1) is 12.5. The topological polar surface area (TPSA) is 55.8 Å². The quantitative estimate of drug-likeness (QED) is 0.695. The van der Waals surface area contributed by atoms with E-state index in [1.807, 2.05) is 31.2 Å². The Morgan fingerprint density at radius 2 is 1.73 bits per heavy atom. The average Bonchev–Trinajstić information content (AvgIpc) is 3.14. The summed E-state index contributed by atoms with van der Waals surface area (Å²) in [7, 11) is -1.92. The fourth-order valence-corrected chi connectivity index (χ4v) is 4.92. The van der Waals surface area contributed by atoms with Crippen molar-refractivity contribution in [1.82, 2.24) is 4.31 Å². The fraction of sp³-hybridized carbons (Fsp3) is 0.400. The minimum atomic E-state index is -3.53. The van der Waals surface area contributed by atoms with Gasteiger partial charge in [-0.2, -0.15) is 4.31 Å². The molecule has 1 saturated heterocycles. The van der Waals surface area contributed by atoms with Crippen molar-refractivity contribution in [2.75, 3.05) is 26.9 Å². The summed E-state index contributed by atoms with van der Waals surface area (Å²) >= 11 is 0. The van der Waals surface area contributed by atoms with Crippen molar-refractivity contribution in [3.05, 3.63) is 59.7 Å². The van der Waals surface area contributed by atoms with E-state index in [0.29, 0.717) is 30.4 Å². The second kappa shape index (κ2) is 8.20. The third-order valence-electron chi connectivity index (χ3n) is 4.65. The second-order valence-corrected chi connectivity index (χ2v) is 8.39. The Bertz CT molecular complexity index is 816. The molecule has 0 spiro atoms. The second-order valence-electron chi connectivity index (χ2n) is 6.50. The maximum absolute atomic E-state index is 13.1. The molecule has 0 N–H and O–H groups in total. The van der Waals surface area contributed by atoms with Gasteiger partial charge in [-0.3, -0.25) is 0 Å². The normalized spacial score (nSPS) is 18.2. The van der Waals surface area contributed by atoms with Gasteiger partial charge in [0.05, 0.1) is 17.5 Å². The first-order valence-electron chi connectivity index (χ1n) is 8.82. The van der Waals surface area contributed by atoms with Crippen molar-refractivity contribution in [3.8, 4) is 5.75 Å². The number of ether oxygens (including phenoxy) is 2. The van der Waals surface area contributed by atoms with E-state index >= 15 is 0 Å². The zero-order valence-corrected chi connectivity index (χ0v) is 16.0. The summed E-state index contributed by atoms with van der Waals surface area (Å²) in [5.41, 5.74) is 2.22. The molecule has 0 saturated carbocycles. The zero-order valence-electron chi connectivity index (χ0n) is 15.2. The molecule has 1 unspecified atom stereocenters. The van der Waals surface area contributed by atoms with Crippen LogP contribution in [0.2, 0.25) is 0 Å². The van der Waals surface area contributed by atoms with Gasteiger partial charge in [0, 0.05) is 13.7 Å². The lowest BCUT2D eigenvalue weighted by atomic mass is 10.0. The first kappa shape index (κ1) is 18.9. The van der Waals surface area contributed by atoms with Crippen molar-refractivity contribution in [1.29, 1.82) is 0 Å². The third-order valence-corrected chi connectivity index (χ3v) is 6.57. The molecule has 3 rings (SSSR count). The van der Waals surface area contributed by atoms with Crippen LogP contribution in [0.3, 0.4) is 0 Å². The Kier molecular flexibility index (Phi) is 5.96. The van der Waals surface area contributed by atoms with Crippen molar-refractivity contribution in [2.24, 2.45) is 0 Å². The van der Waals surface area contributed by atoms with Crippen LogP contribution in [0.25, 0.3) is 0 Å². The predicted molar refractivity (Wildman–Crippen MR) is 101 cm³/mol. The number of benzene rings is 2. The molecule has 6 heteroatoms. The Hall–Kier alpha value is -1.89. The van der Waals surface area contributed by atoms with Crippen LogP contribution in [0.15, 0.2) is 53.4 Å². The van der Waals surface area contributed by atoms with E-state index in [-0.39, 0.29) is 6.04 Å². The minimum absolute atomic E-state index is 0.0989. The van der Waals surface area contributed by atoms with Gasteiger partial charge in [0.1, 0.15) is 12.4 Å². The van der Waals surface area contributed by atoms with Gasteiger partial charge in [0.15, 0.2) is 0 Å². The van der Waals surface area contributed by atoms with Gasteiger partial charge >= 0.3 is 0 Å². The van der Waals surface area contributed by atoms with Crippen LogP contribution in [0.5, 0.6) is 5.75 Å². The van der Waals surface area contributed by atoms with E-state index in [0.717, 1.165) is 18.4 Å². The lowest BCUT2D eigenvalue weighted by molar-refractivity contribution is 0.146. The van der Waals surface area contributed by atoms with Crippen LogP contribution < -0.4 is 4.74 Å². The lowest BCUT2D eigenvalue weighted by Gasteiger charge is -2.24. The highest BCUT2D eigenvalue weighted by Gasteiger charge is 2.36. The smallest absolute Gasteiger partial charge is 0.243 e. The number of hydrogen-bond donors (Lipinski definition) is 0. The van der Waals surface area contributed by atoms with Crippen molar-refractivity contribution in [2.45, 2.75) is 30.7 Å². The van der Waals surface area contributed by atoms with E-state index in [4.69, 9.17) is 9.47 Å². The molecule has 26 heavy (non-hydrogen) atoms. The van der Waals surface area contributed by atoms with Gasteiger partial charge in [-0.25, -0.2) is 8.42 Å². The van der Waals surface area contributed by atoms with Crippen LogP contribution >= 0.6 is 0 Å². The summed E-state index contributed by atoms with van der Waals surface area (Å²) in [6, 6.07) is 14.6. The van der Waals surface area contributed by atoms with Gasteiger partial charge in [-0.1, -0.05) is 29.8 Å². The Labute approximate surface area is 155 Å². The number of aryl methyl sites for hydroxylation is 1. The molecule has 1 heterocycles. The van der Waals surface area contributed by atoms with E-state index in [9.17, 15) is 8.42 Å². The maximum atomic E-state index is 13.1. The van der Waals surface area contributed by atoms with Crippen molar-refractivity contribution >= 4 is 10.0 Å². The van der Waals surface area contributed by atoms with Crippen LogP contribution in [0.4, 0.5) is 0 Å². The number of hydrogen-bond acceptors (Lipinski definition) is 4. The van der Waals surface area contributed by atoms with Crippen LogP contribution in [-0.4, -0.2) is 39.6 Å². The molecule has 1 aliphatic heterocycles.